The number of aliphatic hydroxyl groups excluding tert-OH is 1. The predicted molar refractivity (Wildman–Crippen MR) is 100 cm³/mol. The molecule has 3 aromatic rings. The summed E-state index contributed by atoms with van der Waals surface area (Å²) in [6, 6.07) is 14.8. The molecule has 7 heteroatoms. The number of nitrogens with zero attached hydrogens (tertiary/aromatic N) is 2. The molecule has 0 spiro atoms. The van der Waals surface area contributed by atoms with Crippen LogP contribution in [-0.4, -0.2) is 27.6 Å². The van der Waals surface area contributed by atoms with Gasteiger partial charge in [0.2, 0.25) is 0 Å². The molecule has 0 atom stereocenters. The minimum absolute atomic E-state index is 0.00112. The standard InChI is InChI=1S/C20H16N2O5/c1-2-27-20(24)19(15-9-7-13(12-23)11-18(15)22(25)26)17-10-8-14-5-3-4-6-16(14)21-17/h3-12,23H,2H2,1H3. The van der Waals surface area contributed by atoms with Gasteiger partial charge in [-0.15, -0.1) is 0 Å². The highest BCUT2D eigenvalue weighted by atomic mass is 16.6. The van der Waals surface area contributed by atoms with Crippen molar-refractivity contribution in [1.29, 1.82) is 0 Å². The fourth-order valence-electron chi connectivity index (χ4n) is 2.75. The minimum Gasteiger partial charge on any atom is -0.515 e. The van der Waals surface area contributed by atoms with Crippen LogP contribution in [0.5, 0.6) is 0 Å². The van der Waals surface area contributed by atoms with Crippen molar-refractivity contribution in [2.24, 2.45) is 0 Å². The highest BCUT2D eigenvalue weighted by molar-refractivity contribution is 6.16. The van der Waals surface area contributed by atoms with Crippen molar-refractivity contribution in [2.75, 3.05) is 6.61 Å². The molecule has 1 N–H and O–H groups in total. The van der Waals surface area contributed by atoms with E-state index in [9.17, 15) is 14.9 Å². The van der Waals surface area contributed by atoms with Crippen LogP contribution in [-0.2, 0) is 9.53 Å². The Kier molecular flexibility index (Phi) is 5.12. The van der Waals surface area contributed by atoms with Gasteiger partial charge in [0.15, 0.2) is 0 Å². The maximum absolute atomic E-state index is 12.6. The summed E-state index contributed by atoms with van der Waals surface area (Å²) in [7, 11) is 0. The molecule has 0 fully saturated rings. The maximum atomic E-state index is 12.6. The summed E-state index contributed by atoms with van der Waals surface area (Å²) in [4.78, 5) is 28.0. The number of carbonyl (C=O) groups excluding carboxylic acids is 1. The summed E-state index contributed by atoms with van der Waals surface area (Å²) in [5, 5.41) is 21.9. The van der Waals surface area contributed by atoms with E-state index in [1.807, 2.05) is 18.2 Å². The van der Waals surface area contributed by atoms with Crippen LogP contribution in [0.3, 0.4) is 0 Å². The van der Waals surface area contributed by atoms with Crippen LogP contribution in [0.15, 0.2) is 54.6 Å². The van der Waals surface area contributed by atoms with E-state index in [0.717, 1.165) is 11.6 Å². The molecule has 0 aliphatic heterocycles. The zero-order chi connectivity index (χ0) is 19.4. The molecular weight excluding hydrogens is 348 g/mol. The highest BCUT2D eigenvalue weighted by Gasteiger charge is 2.21. The molecule has 2 aromatic carbocycles. The zero-order valence-corrected chi connectivity index (χ0v) is 14.5. The number of fused-ring (bicyclic) bond motifs is 1. The number of nitro benzene ring substituents is 1. The molecule has 0 aliphatic rings. The quantitative estimate of drug-likeness (QED) is 0.432. The number of aromatic nitrogens is 1. The highest BCUT2D eigenvalue weighted by Crippen LogP contribution is 2.18. The van der Waals surface area contributed by atoms with Crippen molar-refractivity contribution in [3.8, 4) is 0 Å². The van der Waals surface area contributed by atoms with Gasteiger partial charge in [0.05, 0.1) is 39.8 Å². The number of rotatable bonds is 4. The smallest absolute Gasteiger partial charge is 0.341 e. The summed E-state index contributed by atoms with van der Waals surface area (Å²) < 4.78 is 5.12. The van der Waals surface area contributed by atoms with Gasteiger partial charge in [-0.3, -0.25) is 10.1 Å². The lowest BCUT2D eigenvalue weighted by atomic mass is 10.0. The van der Waals surface area contributed by atoms with Gasteiger partial charge >= 0.3 is 5.97 Å². The SMILES string of the molecule is CCOC(=O)C(c1ccc2ccccc2n1)=c1ccc(=CO)cc1[N+](=O)[O-]. The Bertz CT molecular complexity index is 1150. The van der Waals surface area contributed by atoms with Gasteiger partial charge in [0.25, 0.3) is 5.69 Å². The van der Waals surface area contributed by atoms with E-state index in [-0.39, 0.29) is 34.0 Å². The van der Waals surface area contributed by atoms with Crippen LogP contribution in [0.25, 0.3) is 22.7 Å². The molecule has 0 radical (unpaired) electrons. The first-order valence-corrected chi connectivity index (χ1v) is 8.21. The molecule has 1 aromatic heterocycles. The van der Waals surface area contributed by atoms with E-state index in [4.69, 9.17) is 9.84 Å². The van der Waals surface area contributed by atoms with E-state index in [1.165, 1.54) is 18.2 Å². The first-order valence-electron chi connectivity index (χ1n) is 8.21. The number of non-ortho nitro benzene ring substituents is 1. The molecule has 0 unspecified atom stereocenters. The normalized spacial score (nSPS) is 12.7. The number of esters is 1. The van der Waals surface area contributed by atoms with Crippen LogP contribution in [0, 0.1) is 10.1 Å². The van der Waals surface area contributed by atoms with Crippen molar-refractivity contribution < 1.29 is 19.6 Å². The summed E-state index contributed by atoms with van der Waals surface area (Å²) in [6.07, 6.45) is 0.759. The molecule has 3 rings (SSSR count). The number of hydrogen-bond acceptors (Lipinski definition) is 6. The Labute approximate surface area is 154 Å². The minimum atomic E-state index is -0.705. The van der Waals surface area contributed by atoms with Crippen molar-refractivity contribution in [2.45, 2.75) is 6.92 Å². The Morgan fingerprint density at radius 2 is 2.00 bits per heavy atom. The molecular formula is C20H16N2O5. The topological polar surface area (TPSA) is 103 Å². The number of carbonyl (C=O) groups is 1. The van der Waals surface area contributed by atoms with Gasteiger partial charge in [-0.25, -0.2) is 9.78 Å². The van der Waals surface area contributed by atoms with Crippen LogP contribution < -0.4 is 10.4 Å². The Hall–Kier alpha value is -3.74. The third-order valence-electron chi connectivity index (χ3n) is 3.97. The van der Waals surface area contributed by atoms with E-state index < -0.39 is 10.9 Å². The first-order chi connectivity index (χ1) is 13.0. The van der Waals surface area contributed by atoms with Gasteiger partial charge < -0.3 is 9.84 Å². The van der Waals surface area contributed by atoms with Crippen LogP contribution in [0.2, 0.25) is 0 Å². The van der Waals surface area contributed by atoms with E-state index in [1.54, 1.807) is 25.1 Å². The molecule has 0 amide bonds. The number of hydrogen-bond donors (Lipinski definition) is 1. The monoisotopic (exact) mass is 364 g/mol. The summed E-state index contributed by atoms with van der Waals surface area (Å²) in [5.74, 6) is -0.705. The van der Waals surface area contributed by atoms with Gasteiger partial charge in [0, 0.05) is 16.7 Å². The van der Waals surface area contributed by atoms with E-state index >= 15 is 0 Å². The molecule has 27 heavy (non-hydrogen) atoms. The Balaban J connectivity index is 2.39. The second-order valence-corrected chi connectivity index (χ2v) is 5.65. The molecule has 1 heterocycles. The first kappa shape index (κ1) is 18.1. The molecule has 0 aliphatic carbocycles. The number of aliphatic hydroxyl groups is 1. The zero-order valence-electron chi connectivity index (χ0n) is 14.5. The number of benzene rings is 2. The van der Waals surface area contributed by atoms with Crippen molar-refractivity contribution in [3.63, 3.8) is 0 Å². The lowest BCUT2D eigenvalue weighted by molar-refractivity contribution is -0.386. The van der Waals surface area contributed by atoms with Gasteiger partial charge in [-0.2, -0.15) is 0 Å². The van der Waals surface area contributed by atoms with Crippen molar-refractivity contribution in [1.82, 2.24) is 4.98 Å². The number of ether oxygens (including phenoxy) is 1. The Morgan fingerprint density at radius 3 is 2.70 bits per heavy atom. The lowest BCUT2D eigenvalue weighted by Crippen LogP contribution is -2.23. The second-order valence-electron chi connectivity index (χ2n) is 5.65. The second kappa shape index (κ2) is 7.65. The van der Waals surface area contributed by atoms with Gasteiger partial charge in [-0.1, -0.05) is 30.3 Å². The van der Waals surface area contributed by atoms with E-state index in [2.05, 4.69) is 4.98 Å². The lowest BCUT2D eigenvalue weighted by Gasteiger charge is -2.08. The van der Waals surface area contributed by atoms with Crippen molar-refractivity contribution >= 4 is 34.4 Å². The molecule has 0 bridgehead atoms. The largest absolute Gasteiger partial charge is 0.515 e. The fourth-order valence-corrected chi connectivity index (χ4v) is 2.75. The number of nitro groups is 1. The fraction of sp³-hybridized carbons (Fsp3) is 0.100. The summed E-state index contributed by atoms with van der Waals surface area (Å²) >= 11 is 0. The number of para-hydroxylation sites is 1. The van der Waals surface area contributed by atoms with Gasteiger partial charge in [0.1, 0.15) is 0 Å². The maximum Gasteiger partial charge on any atom is 0.341 e. The Morgan fingerprint density at radius 1 is 1.22 bits per heavy atom. The van der Waals surface area contributed by atoms with Crippen LogP contribution in [0.1, 0.15) is 12.6 Å². The predicted octanol–water partition coefficient (Wildman–Crippen LogP) is 2.20. The van der Waals surface area contributed by atoms with E-state index in [0.29, 0.717) is 5.52 Å². The molecule has 0 saturated carbocycles. The molecule has 0 saturated heterocycles. The third kappa shape index (κ3) is 3.62. The molecule has 136 valence electrons. The average molecular weight is 364 g/mol. The van der Waals surface area contributed by atoms with Gasteiger partial charge in [-0.05, 0) is 25.1 Å². The molecule has 7 nitrogen and oxygen atoms in total. The van der Waals surface area contributed by atoms with Crippen LogP contribution in [0.4, 0.5) is 5.69 Å². The van der Waals surface area contributed by atoms with Crippen molar-refractivity contribution in [3.05, 3.63) is 80.8 Å². The summed E-state index contributed by atoms with van der Waals surface area (Å²) in [6.45, 7) is 1.77. The average Bonchev–Trinajstić information content (AvgIpc) is 2.68. The number of pyridine rings is 1. The third-order valence-corrected chi connectivity index (χ3v) is 3.97. The summed E-state index contributed by atoms with van der Waals surface area (Å²) in [5.41, 5.74) is 0.602. The van der Waals surface area contributed by atoms with Crippen LogP contribution >= 0.6 is 0 Å².